The number of aryl methyl sites for hydroxylation is 4. The van der Waals surface area contributed by atoms with Crippen LogP contribution in [0.3, 0.4) is 0 Å². The van der Waals surface area contributed by atoms with Crippen LogP contribution in [0.15, 0.2) is 72.8 Å². The fourth-order valence-electron chi connectivity index (χ4n) is 3.69. The molecule has 0 atom stereocenters. The molecule has 4 aliphatic carbocycles. The quantitative estimate of drug-likeness (QED) is 0.623. The number of carbonyl (C=O) groups is 1. The van der Waals surface area contributed by atoms with E-state index in [1.54, 1.807) is 6.92 Å². The number of hydrogen-bond acceptors (Lipinski definition) is 1. The molecule has 3 aromatic carbocycles. The first-order chi connectivity index (χ1) is 12.7. The van der Waals surface area contributed by atoms with Crippen molar-refractivity contribution in [1.29, 1.82) is 0 Å². The second kappa shape index (κ2) is 7.17. The van der Waals surface area contributed by atoms with Crippen molar-refractivity contribution >= 4 is 17.3 Å². The van der Waals surface area contributed by atoms with Gasteiger partial charge in [-0.15, -0.1) is 0 Å². The van der Waals surface area contributed by atoms with E-state index in [0.717, 1.165) is 37.1 Å². The van der Waals surface area contributed by atoms with Crippen LogP contribution >= 0.6 is 0 Å². The lowest BCUT2D eigenvalue weighted by Gasteiger charge is -2.25. The number of benzene rings is 3. The Morgan fingerprint density at radius 3 is 1.96 bits per heavy atom. The third kappa shape index (κ3) is 3.41. The number of amides is 1. The van der Waals surface area contributed by atoms with E-state index in [0.29, 0.717) is 0 Å². The largest absolute Gasteiger partial charge is 0.281 e. The van der Waals surface area contributed by atoms with Crippen molar-refractivity contribution in [2.75, 3.05) is 4.90 Å². The molecule has 0 fully saturated rings. The molecule has 4 bridgehead atoms. The van der Waals surface area contributed by atoms with Gasteiger partial charge in [0.1, 0.15) is 0 Å². The van der Waals surface area contributed by atoms with Gasteiger partial charge in [0.15, 0.2) is 0 Å². The Morgan fingerprint density at radius 2 is 1.31 bits per heavy atom. The van der Waals surface area contributed by atoms with Gasteiger partial charge in [-0.2, -0.15) is 0 Å². The van der Waals surface area contributed by atoms with Crippen LogP contribution in [0, 0.1) is 0 Å². The fraction of sp³-hybridized carbons (Fsp3) is 0.208. The summed E-state index contributed by atoms with van der Waals surface area (Å²) in [5.74, 6) is 0.0463. The maximum absolute atomic E-state index is 12.5. The van der Waals surface area contributed by atoms with Gasteiger partial charge in [-0.1, -0.05) is 54.6 Å². The van der Waals surface area contributed by atoms with E-state index in [9.17, 15) is 4.79 Å². The standard InChI is InChI=1S/C24H23NO/c1-18(26)25(23-5-3-2-4-6-23)24-17-21-12-11-19-7-9-20(10-8-19)13-15-22(24)16-14-21/h2-10,14,16-17H,11-13,15H2,1H3. The molecule has 0 heterocycles. The van der Waals surface area contributed by atoms with E-state index >= 15 is 0 Å². The van der Waals surface area contributed by atoms with Crippen LogP contribution in [0.25, 0.3) is 0 Å². The van der Waals surface area contributed by atoms with Gasteiger partial charge < -0.3 is 0 Å². The van der Waals surface area contributed by atoms with Crippen molar-refractivity contribution in [2.45, 2.75) is 32.6 Å². The maximum atomic E-state index is 12.5. The van der Waals surface area contributed by atoms with Gasteiger partial charge in [0, 0.05) is 12.6 Å². The first kappa shape index (κ1) is 16.6. The second-order valence-electron chi connectivity index (χ2n) is 6.97. The lowest BCUT2D eigenvalue weighted by atomic mass is 9.95. The van der Waals surface area contributed by atoms with Gasteiger partial charge in [-0.3, -0.25) is 9.69 Å². The van der Waals surface area contributed by atoms with Crippen LogP contribution < -0.4 is 4.90 Å². The molecule has 3 aromatic rings. The Labute approximate surface area is 155 Å². The molecule has 0 saturated heterocycles. The fourth-order valence-corrected chi connectivity index (χ4v) is 3.69. The first-order valence-corrected chi connectivity index (χ1v) is 9.26. The highest BCUT2D eigenvalue weighted by molar-refractivity contribution is 5.99. The molecule has 0 saturated carbocycles. The van der Waals surface area contributed by atoms with Gasteiger partial charge in [0.25, 0.3) is 0 Å². The summed E-state index contributed by atoms with van der Waals surface area (Å²) in [5, 5.41) is 0. The van der Waals surface area contributed by atoms with E-state index < -0.39 is 0 Å². The van der Waals surface area contributed by atoms with Crippen LogP contribution in [-0.4, -0.2) is 5.91 Å². The lowest BCUT2D eigenvalue weighted by molar-refractivity contribution is -0.115. The van der Waals surface area contributed by atoms with Crippen LogP contribution in [0.2, 0.25) is 0 Å². The molecule has 0 N–H and O–H groups in total. The van der Waals surface area contributed by atoms with Gasteiger partial charge >= 0.3 is 0 Å². The zero-order chi connectivity index (χ0) is 17.9. The predicted octanol–water partition coefficient (Wildman–Crippen LogP) is 5.26. The van der Waals surface area contributed by atoms with E-state index in [1.807, 2.05) is 35.2 Å². The van der Waals surface area contributed by atoms with Gasteiger partial charge in [0.2, 0.25) is 5.91 Å². The summed E-state index contributed by atoms with van der Waals surface area (Å²) in [5.41, 5.74) is 7.16. The van der Waals surface area contributed by atoms with Gasteiger partial charge in [-0.05, 0) is 66.1 Å². The summed E-state index contributed by atoms with van der Waals surface area (Å²) in [6, 6.07) is 25.5. The number of hydrogen-bond donors (Lipinski definition) is 0. The monoisotopic (exact) mass is 341 g/mol. The third-order valence-electron chi connectivity index (χ3n) is 5.13. The topological polar surface area (TPSA) is 20.3 Å². The van der Waals surface area contributed by atoms with Crippen molar-refractivity contribution in [2.24, 2.45) is 0 Å². The molecule has 2 heteroatoms. The minimum Gasteiger partial charge on any atom is -0.281 e. The molecule has 7 rings (SSSR count). The van der Waals surface area contributed by atoms with Crippen LogP contribution in [-0.2, 0) is 30.5 Å². The number of rotatable bonds is 2. The highest BCUT2D eigenvalue weighted by Crippen LogP contribution is 2.31. The number of para-hydroxylation sites is 1. The second-order valence-corrected chi connectivity index (χ2v) is 6.97. The average molecular weight is 341 g/mol. The Balaban J connectivity index is 1.80. The molecule has 0 radical (unpaired) electrons. The minimum atomic E-state index is 0.0463. The SMILES string of the molecule is CC(=O)N(c1ccccc1)c1cc2ccc1CCc1ccc(cc1)CC2. The average Bonchev–Trinajstić information content (AvgIpc) is 2.65. The zero-order valence-corrected chi connectivity index (χ0v) is 15.1. The molecule has 2 nitrogen and oxygen atoms in total. The zero-order valence-electron chi connectivity index (χ0n) is 15.1. The molecule has 0 spiro atoms. The molecule has 0 aromatic heterocycles. The minimum absolute atomic E-state index is 0.0463. The highest BCUT2D eigenvalue weighted by atomic mass is 16.2. The molecule has 4 aliphatic rings. The van der Waals surface area contributed by atoms with Gasteiger partial charge in [-0.25, -0.2) is 0 Å². The summed E-state index contributed by atoms with van der Waals surface area (Å²) >= 11 is 0. The van der Waals surface area contributed by atoms with Crippen molar-refractivity contribution < 1.29 is 4.79 Å². The number of anilines is 2. The van der Waals surface area contributed by atoms with Crippen molar-refractivity contribution in [1.82, 2.24) is 0 Å². The molecule has 26 heavy (non-hydrogen) atoms. The molecule has 0 unspecified atom stereocenters. The predicted molar refractivity (Wildman–Crippen MR) is 107 cm³/mol. The lowest BCUT2D eigenvalue weighted by Crippen LogP contribution is -2.24. The summed E-state index contributed by atoms with van der Waals surface area (Å²) in [7, 11) is 0. The Hall–Kier alpha value is -2.87. The van der Waals surface area contributed by atoms with E-state index in [4.69, 9.17) is 0 Å². The molecule has 0 aliphatic heterocycles. The third-order valence-corrected chi connectivity index (χ3v) is 5.13. The summed E-state index contributed by atoms with van der Waals surface area (Å²) < 4.78 is 0. The summed E-state index contributed by atoms with van der Waals surface area (Å²) in [4.78, 5) is 14.4. The molecular formula is C24H23NO. The van der Waals surface area contributed by atoms with Crippen molar-refractivity contribution in [3.63, 3.8) is 0 Å². The molecular weight excluding hydrogens is 318 g/mol. The number of nitrogens with zero attached hydrogens (tertiary/aromatic N) is 1. The van der Waals surface area contributed by atoms with Crippen LogP contribution in [0.4, 0.5) is 11.4 Å². The van der Waals surface area contributed by atoms with E-state index in [2.05, 4.69) is 42.5 Å². The maximum Gasteiger partial charge on any atom is 0.228 e. The number of carbonyl (C=O) groups excluding carboxylic acids is 1. The summed E-state index contributed by atoms with van der Waals surface area (Å²) in [6.45, 7) is 1.64. The molecule has 130 valence electrons. The highest BCUT2D eigenvalue weighted by Gasteiger charge is 2.18. The van der Waals surface area contributed by atoms with Crippen LogP contribution in [0.1, 0.15) is 29.2 Å². The first-order valence-electron chi connectivity index (χ1n) is 9.26. The van der Waals surface area contributed by atoms with Crippen molar-refractivity contribution in [3.8, 4) is 0 Å². The van der Waals surface area contributed by atoms with E-state index in [1.165, 1.54) is 22.3 Å². The van der Waals surface area contributed by atoms with Crippen LogP contribution in [0.5, 0.6) is 0 Å². The summed E-state index contributed by atoms with van der Waals surface area (Å²) in [6.07, 6.45) is 3.90. The van der Waals surface area contributed by atoms with Crippen molar-refractivity contribution in [3.05, 3.63) is 95.1 Å². The van der Waals surface area contributed by atoms with Gasteiger partial charge in [0.05, 0.1) is 5.69 Å². The normalized spacial score (nSPS) is 13.1. The smallest absolute Gasteiger partial charge is 0.228 e. The van der Waals surface area contributed by atoms with E-state index in [-0.39, 0.29) is 5.91 Å². The Kier molecular flexibility index (Phi) is 4.57. The molecule has 1 amide bonds. The Morgan fingerprint density at radius 1 is 0.731 bits per heavy atom. The Bertz CT molecular complexity index is 913.